The quantitative estimate of drug-likeness (QED) is 0.717. The molecule has 2 aromatic rings. The first kappa shape index (κ1) is 20.5. The fourth-order valence-corrected chi connectivity index (χ4v) is 3.63. The Labute approximate surface area is 171 Å². The molecule has 1 aliphatic rings. The van der Waals surface area contributed by atoms with Crippen molar-refractivity contribution in [2.75, 3.05) is 21.3 Å². The lowest BCUT2D eigenvalue weighted by Crippen LogP contribution is -2.10. The molecule has 1 N–H and O–H groups in total. The van der Waals surface area contributed by atoms with E-state index in [0.717, 1.165) is 11.8 Å². The number of aliphatic hydroxyl groups is 1. The van der Waals surface area contributed by atoms with Crippen LogP contribution in [0.5, 0.6) is 11.5 Å². The van der Waals surface area contributed by atoms with E-state index in [0.29, 0.717) is 22.0 Å². The van der Waals surface area contributed by atoms with E-state index >= 15 is 0 Å². The smallest absolute Gasteiger partial charge is 0.344 e. The maximum absolute atomic E-state index is 14.0. The second kappa shape index (κ2) is 8.83. The van der Waals surface area contributed by atoms with Gasteiger partial charge in [-0.05, 0) is 35.9 Å². The third kappa shape index (κ3) is 4.43. The van der Waals surface area contributed by atoms with Crippen LogP contribution in [-0.4, -0.2) is 37.4 Å². The second-order valence-corrected chi connectivity index (χ2v) is 6.87. The number of rotatable bonds is 5. The van der Waals surface area contributed by atoms with Crippen molar-refractivity contribution in [1.29, 1.82) is 0 Å². The third-order valence-electron chi connectivity index (χ3n) is 4.03. The summed E-state index contributed by atoms with van der Waals surface area (Å²) in [6.45, 7) is 0. The van der Waals surface area contributed by atoms with Gasteiger partial charge in [0.2, 0.25) is 0 Å². The van der Waals surface area contributed by atoms with E-state index in [1.807, 2.05) is 0 Å². The Morgan fingerprint density at radius 2 is 1.76 bits per heavy atom. The minimum atomic E-state index is -0.767. The fourth-order valence-electron chi connectivity index (χ4n) is 2.61. The Balaban J connectivity index is 2.08. The predicted octanol–water partition coefficient (Wildman–Crippen LogP) is 4.65. The molecule has 29 heavy (non-hydrogen) atoms. The van der Waals surface area contributed by atoms with Crippen LogP contribution in [0.3, 0.4) is 0 Å². The van der Waals surface area contributed by atoms with Gasteiger partial charge in [-0.3, -0.25) is 0 Å². The average Bonchev–Trinajstić information content (AvgIpc) is 3.03. The van der Waals surface area contributed by atoms with Crippen LogP contribution in [0.25, 0.3) is 6.08 Å². The van der Waals surface area contributed by atoms with E-state index in [1.165, 1.54) is 39.5 Å². The summed E-state index contributed by atoms with van der Waals surface area (Å²) in [4.78, 5) is 16.8. The molecule has 1 heterocycles. The second-order valence-electron chi connectivity index (χ2n) is 5.84. The summed E-state index contributed by atoms with van der Waals surface area (Å²) in [5.41, 5.74) is 0.599. The molecule has 0 saturated heterocycles. The number of benzene rings is 2. The van der Waals surface area contributed by atoms with Gasteiger partial charge in [-0.2, -0.15) is 0 Å². The monoisotopic (exact) mass is 415 g/mol. The fraction of sp³-hybridized carbons (Fsp3) is 0.143. The van der Waals surface area contributed by atoms with Crippen LogP contribution < -0.4 is 9.47 Å². The summed E-state index contributed by atoms with van der Waals surface area (Å²) in [6, 6.07) is 11.1. The molecular formula is C21H18FNO5S. The van der Waals surface area contributed by atoms with Crippen molar-refractivity contribution in [1.82, 2.24) is 0 Å². The lowest BCUT2D eigenvalue weighted by molar-refractivity contribution is -0.135. The van der Waals surface area contributed by atoms with Gasteiger partial charge >= 0.3 is 5.97 Å². The maximum Gasteiger partial charge on any atom is 0.344 e. The van der Waals surface area contributed by atoms with Crippen molar-refractivity contribution in [3.05, 3.63) is 70.1 Å². The van der Waals surface area contributed by atoms with Gasteiger partial charge in [-0.15, -0.1) is 0 Å². The Kier molecular flexibility index (Phi) is 6.23. The van der Waals surface area contributed by atoms with Crippen LogP contribution >= 0.6 is 11.8 Å². The van der Waals surface area contributed by atoms with Crippen molar-refractivity contribution in [3.63, 3.8) is 0 Å². The first-order valence-electron chi connectivity index (χ1n) is 8.45. The first-order valence-corrected chi connectivity index (χ1v) is 9.26. The van der Waals surface area contributed by atoms with Gasteiger partial charge in [-0.1, -0.05) is 23.9 Å². The summed E-state index contributed by atoms with van der Waals surface area (Å²) in [6.07, 6.45) is 1.65. The Hall–Kier alpha value is -3.26. The molecule has 0 fully saturated rings. The number of halogens is 1. The number of aliphatic imine (C=N–C) groups is 1. The Morgan fingerprint density at radius 3 is 2.34 bits per heavy atom. The summed E-state index contributed by atoms with van der Waals surface area (Å²) < 4.78 is 29.3. The molecular weight excluding hydrogens is 397 g/mol. The average molecular weight is 415 g/mol. The standard InChI is InChI=1S/C21H18FNO5S/c1-26-13-8-12(9-14(11-13)27-2)10-17-19(24)18(21(25)28-3)20(29-17)23-16-7-5-4-6-15(16)22/h4-11,24H,1-3H3/b17-10+,23-20?. The van der Waals surface area contributed by atoms with Crippen molar-refractivity contribution in [2.24, 2.45) is 4.99 Å². The number of carbonyl (C=O) groups is 1. The number of nitrogens with zero attached hydrogens (tertiary/aromatic N) is 1. The van der Waals surface area contributed by atoms with E-state index in [9.17, 15) is 14.3 Å². The molecule has 2 aromatic carbocycles. The third-order valence-corrected chi connectivity index (χ3v) is 5.05. The number of thioether (sulfide) groups is 1. The lowest BCUT2D eigenvalue weighted by atomic mass is 10.1. The molecule has 0 aromatic heterocycles. The molecule has 0 spiro atoms. The van der Waals surface area contributed by atoms with E-state index < -0.39 is 11.8 Å². The van der Waals surface area contributed by atoms with Crippen molar-refractivity contribution in [2.45, 2.75) is 0 Å². The number of para-hydroxylation sites is 1. The van der Waals surface area contributed by atoms with Gasteiger partial charge in [0, 0.05) is 6.07 Å². The summed E-state index contributed by atoms with van der Waals surface area (Å²) >= 11 is 1.03. The van der Waals surface area contributed by atoms with E-state index in [2.05, 4.69) is 4.99 Å². The summed E-state index contributed by atoms with van der Waals surface area (Å²) in [5.74, 6) is -0.470. The SMILES string of the molecule is COC(=O)C1=C(O)/C(=C\c2cc(OC)cc(OC)c2)SC1=Nc1ccccc1F. The number of ether oxygens (including phenoxy) is 3. The highest BCUT2D eigenvalue weighted by molar-refractivity contribution is 8.18. The zero-order valence-electron chi connectivity index (χ0n) is 15.9. The maximum atomic E-state index is 14.0. The summed E-state index contributed by atoms with van der Waals surface area (Å²) in [7, 11) is 4.26. The zero-order valence-corrected chi connectivity index (χ0v) is 16.7. The van der Waals surface area contributed by atoms with Crippen molar-refractivity contribution >= 4 is 34.5 Å². The number of carbonyl (C=O) groups excluding carboxylic acids is 1. The molecule has 0 atom stereocenters. The van der Waals surface area contributed by atoms with E-state index in [1.54, 1.807) is 30.3 Å². The number of hydrogen-bond donors (Lipinski definition) is 1. The van der Waals surface area contributed by atoms with E-state index in [-0.39, 0.29) is 22.1 Å². The molecule has 0 radical (unpaired) electrons. The molecule has 0 bridgehead atoms. The van der Waals surface area contributed by atoms with Gasteiger partial charge in [0.25, 0.3) is 0 Å². The van der Waals surface area contributed by atoms with Crippen LogP contribution in [0.15, 0.2) is 63.7 Å². The van der Waals surface area contributed by atoms with Crippen LogP contribution in [0, 0.1) is 5.82 Å². The zero-order chi connectivity index (χ0) is 21.0. The number of hydrogen-bond acceptors (Lipinski definition) is 7. The van der Waals surface area contributed by atoms with Gasteiger partial charge in [-0.25, -0.2) is 14.2 Å². The largest absolute Gasteiger partial charge is 0.506 e. The molecule has 1 aliphatic heterocycles. The summed E-state index contributed by atoms with van der Waals surface area (Å²) in [5, 5.41) is 10.8. The first-order chi connectivity index (χ1) is 14.0. The van der Waals surface area contributed by atoms with Gasteiger partial charge in [0.15, 0.2) is 0 Å². The van der Waals surface area contributed by atoms with Gasteiger partial charge in [0.1, 0.15) is 39.4 Å². The Morgan fingerprint density at radius 1 is 1.10 bits per heavy atom. The molecule has 150 valence electrons. The molecule has 0 saturated carbocycles. The molecule has 0 amide bonds. The number of aliphatic hydroxyl groups excluding tert-OH is 1. The molecule has 8 heteroatoms. The Bertz CT molecular complexity index is 1020. The van der Waals surface area contributed by atoms with E-state index in [4.69, 9.17) is 14.2 Å². The minimum Gasteiger partial charge on any atom is -0.506 e. The van der Waals surface area contributed by atoms with Crippen molar-refractivity contribution < 1.29 is 28.5 Å². The number of methoxy groups -OCH3 is 3. The molecule has 3 rings (SSSR count). The molecule has 6 nitrogen and oxygen atoms in total. The number of esters is 1. The van der Waals surface area contributed by atoms with Crippen LogP contribution in [-0.2, 0) is 9.53 Å². The minimum absolute atomic E-state index is 0.0495. The van der Waals surface area contributed by atoms with Gasteiger partial charge < -0.3 is 19.3 Å². The van der Waals surface area contributed by atoms with Crippen LogP contribution in [0.1, 0.15) is 5.56 Å². The normalized spacial score (nSPS) is 16.4. The highest BCUT2D eigenvalue weighted by Gasteiger charge is 2.33. The molecule has 0 aliphatic carbocycles. The predicted molar refractivity (Wildman–Crippen MR) is 110 cm³/mol. The highest BCUT2D eigenvalue weighted by atomic mass is 32.2. The van der Waals surface area contributed by atoms with Crippen molar-refractivity contribution in [3.8, 4) is 11.5 Å². The molecule has 0 unspecified atom stereocenters. The topological polar surface area (TPSA) is 77.4 Å². The lowest BCUT2D eigenvalue weighted by Gasteiger charge is -2.06. The highest BCUT2D eigenvalue weighted by Crippen LogP contribution is 2.41. The van der Waals surface area contributed by atoms with Crippen LogP contribution in [0.4, 0.5) is 10.1 Å². The van der Waals surface area contributed by atoms with Crippen LogP contribution in [0.2, 0.25) is 0 Å². The van der Waals surface area contributed by atoms with Gasteiger partial charge in [0.05, 0.1) is 26.2 Å².